The number of nitrogens with zero attached hydrogens (tertiary/aromatic N) is 2. The molecule has 1 rings (SSSR count). The molecule has 0 fully saturated rings. The van der Waals surface area contributed by atoms with Gasteiger partial charge in [0, 0.05) is 8.95 Å². The normalized spacial score (nSPS) is 9.40. The van der Waals surface area contributed by atoms with E-state index < -0.39 is 0 Å². The maximum atomic E-state index is 9.00. The lowest BCUT2D eigenvalue weighted by Crippen LogP contribution is -1.94. The molecule has 0 bridgehead atoms. The highest BCUT2D eigenvalue weighted by Crippen LogP contribution is 2.31. The predicted octanol–water partition coefficient (Wildman–Crippen LogP) is 3.91. The summed E-state index contributed by atoms with van der Waals surface area (Å²) in [6, 6.07) is 5.98. The summed E-state index contributed by atoms with van der Waals surface area (Å²) in [6.07, 6.45) is 1.89. The van der Waals surface area contributed by atoms with Gasteiger partial charge in [0.1, 0.15) is 12.1 Å². The van der Waals surface area contributed by atoms with Gasteiger partial charge in [0.2, 0.25) is 0 Å². The van der Waals surface area contributed by atoms with E-state index in [0.29, 0.717) is 15.6 Å². The van der Waals surface area contributed by atoms with E-state index in [4.69, 9.17) is 10.5 Å². The van der Waals surface area contributed by atoms with Crippen LogP contribution in [-0.2, 0) is 6.42 Å². The minimum atomic E-state index is 0.393. The van der Waals surface area contributed by atoms with Crippen LogP contribution in [0.25, 0.3) is 0 Å². The summed E-state index contributed by atoms with van der Waals surface area (Å²) >= 11 is 6.68. The van der Waals surface area contributed by atoms with Crippen molar-refractivity contribution in [3.05, 3.63) is 31.7 Å². The third kappa shape index (κ3) is 2.40. The Hall–Kier alpha value is -0.840. The highest BCUT2D eigenvalue weighted by molar-refractivity contribution is 9.11. The molecule has 0 atom stereocenters. The van der Waals surface area contributed by atoms with Crippen LogP contribution in [0.3, 0.4) is 0 Å². The molecule has 0 saturated carbocycles. The minimum Gasteiger partial charge on any atom is -0.192 e. The molecule has 0 radical (unpaired) electrons. The van der Waals surface area contributed by atoms with Crippen molar-refractivity contribution in [1.82, 2.24) is 0 Å². The Labute approximate surface area is 106 Å². The number of aryl methyl sites for hydroxylation is 1. The molecule has 0 amide bonds. The van der Waals surface area contributed by atoms with E-state index in [0.717, 1.165) is 22.9 Å². The van der Waals surface area contributed by atoms with Crippen LogP contribution >= 0.6 is 31.9 Å². The van der Waals surface area contributed by atoms with Crippen LogP contribution in [0.1, 0.15) is 30.0 Å². The summed E-state index contributed by atoms with van der Waals surface area (Å²) in [5, 5.41) is 17.9. The number of nitriles is 2. The van der Waals surface area contributed by atoms with Crippen LogP contribution in [0.2, 0.25) is 0 Å². The Kier molecular flexibility index (Phi) is 4.32. The molecule has 1 aromatic carbocycles. The molecule has 0 aliphatic carbocycles. The zero-order valence-corrected chi connectivity index (χ0v) is 11.3. The summed E-state index contributed by atoms with van der Waals surface area (Å²) < 4.78 is 1.43. The van der Waals surface area contributed by atoms with Crippen molar-refractivity contribution in [2.24, 2.45) is 0 Å². The molecule has 2 nitrogen and oxygen atoms in total. The summed E-state index contributed by atoms with van der Waals surface area (Å²) in [5.41, 5.74) is 1.86. The maximum Gasteiger partial charge on any atom is 0.102 e. The first-order chi connectivity index (χ1) is 7.15. The molecule has 0 aromatic heterocycles. The third-order valence-corrected chi connectivity index (χ3v) is 3.57. The second kappa shape index (κ2) is 5.30. The van der Waals surface area contributed by atoms with Gasteiger partial charge in [0.15, 0.2) is 0 Å². The molecule has 0 aliphatic heterocycles. The Morgan fingerprint density at radius 3 is 2.27 bits per heavy atom. The van der Waals surface area contributed by atoms with Gasteiger partial charge in [0.25, 0.3) is 0 Å². The zero-order chi connectivity index (χ0) is 11.4. The van der Waals surface area contributed by atoms with E-state index in [2.05, 4.69) is 44.9 Å². The van der Waals surface area contributed by atoms with Crippen molar-refractivity contribution in [3.8, 4) is 12.1 Å². The molecular formula is C11H8Br2N2. The number of hydrogen-bond acceptors (Lipinski definition) is 2. The monoisotopic (exact) mass is 326 g/mol. The molecule has 0 N–H and O–H groups in total. The van der Waals surface area contributed by atoms with Crippen LogP contribution < -0.4 is 0 Å². The Bertz CT molecular complexity index is 467. The van der Waals surface area contributed by atoms with Crippen molar-refractivity contribution < 1.29 is 0 Å². The summed E-state index contributed by atoms with van der Waals surface area (Å²) in [5.74, 6) is 0. The Balaban J connectivity index is 3.48. The fourth-order valence-corrected chi connectivity index (χ4v) is 2.51. The SMILES string of the molecule is CCCc1cc(Br)c(C#N)c(C#N)c1Br. The van der Waals surface area contributed by atoms with Crippen LogP contribution in [0.4, 0.5) is 0 Å². The number of benzene rings is 1. The van der Waals surface area contributed by atoms with Crippen LogP contribution in [0.15, 0.2) is 15.0 Å². The van der Waals surface area contributed by atoms with Crippen LogP contribution in [0, 0.1) is 22.7 Å². The number of halogens is 2. The molecule has 0 unspecified atom stereocenters. The van der Waals surface area contributed by atoms with Gasteiger partial charge in [-0.15, -0.1) is 0 Å². The topological polar surface area (TPSA) is 47.6 Å². The third-order valence-electron chi connectivity index (χ3n) is 2.03. The van der Waals surface area contributed by atoms with E-state index in [1.165, 1.54) is 0 Å². The standard InChI is InChI=1S/C11H8Br2N2/c1-2-3-7-4-10(12)8(5-14)9(6-15)11(7)13/h4H,2-3H2,1H3. The maximum absolute atomic E-state index is 9.00. The average molecular weight is 328 g/mol. The van der Waals surface area contributed by atoms with Crippen molar-refractivity contribution in [3.63, 3.8) is 0 Å². The Morgan fingerprint density at radius 1 is 1.20 bits per heavy atom. The second-order valence-electron chi connectivity index (χ2n) is 3.06. The summed E-state index contributed by atoms with van der Waals surface area (Å²) in [4.78, 5) is 0. The lowest BCUT2D eigenvalue weighted by molar-refractivity contribution is 0.914. The fourth-order valence-electron chi connectivity index (χ4n) is 1.34. The minimum absolute atomic E-state index is 0.393. The zero-order valence-electron chi connectivity index (χ0n) is 8.14. The lowest BCUT2D eigenvalue weighted by Gasteiger charge is -2.07. The lowest BCUT2D eigenvalue weighted by atomic mass is 10.0. The molecule has 0 aliphatic rings. The molecule has 1 aromatic rings. The van der Waals surface area contributed by atoms with Gasteiger partial charge in [-0.25, -0.2) is 0 Å². The smallest absolute Gasteiger partial charge is 0.102 e. The molecular weight excluding hydrogens is 320 g/mol. The van der Waals surface area contributed by atoms with Crippen molar-refractivity contribution in [1.29, 1.82) is 10.5 Å². The first-order valence-electron chi connectivity index (χ1n) is 4.46. The molecule has 0 heterocycles. The van der Waals surface area contributed by atoms with E-state index in [1.54, 1.807) is 0 Å². The highest BCUT2D eigenvalue weighted by Gasteiger charge is 2.14. The molecule has 76 valence electrons. The first-order valence-corrected chi connectivity index (χ1v) is 6.05. The molecule has 0 saturated heterocycles. The Morgan fingerprint density at radius 2 is 1.80 bits per heavy atom. The molecule has 0 spiro atoms. The van der Waals surface area contributed by atoms with Gasteiger partial charge < -0.3 is 0 Å². The number of hydrogen-bond donors (Lipinski definition) is 0. The van der Waals surface area contributed by atoms with Gasteiger partial charge in [-0.1, -0.05) is 13.3 Å². The fraction of sp³-hybridized carbons (Fsp3) is 0.273. The first kappa shape index (κ1) is 12.2. The number of rotatable bonds is 2. The average Bonchev–Trinajstić information content (AvgIpc) is 2.22. The van der Waals surface area contributed by atoms with Gasteiger partial charge in [-0.2, -0.15) is 10.5 Å². The predicted molar refractivity (Wildman–Crippen MR) is 65.3 cm³/mol. The van der Waals surface area contributed by atoms with Gasteiger partial charge in [-0.05, 0) is 49.9 Å². The molecule has 15 heavy (non-hydrogen) atoms. The van der Waals surface area contributed by atoms with Gasteiger partial charge >= 0.3 is 0 Å². The van der Waals surface area contributed by atoms with E-state index in [1.807, 2.05) is 12.1 Å². The summed E-state index contributed by atoms with van der Waals surface area (Å²) in [6.45, 7) is 2.07. The molecule has 4 heteroatoms. The van der Waals surface area contributed by atoms with Crippen LogP contribution in [0.5, 0.6) is 0 Å². The quantitative estimate of drug-likeness (QED) is 0.826. The summed E-state index contributed by atoms with van der Waals surface area (Å²) in [7, 11) is 0. The van der Waals surface area contributed by atoms with Crippen molar-refractivity contribution in [2.75, 3.05) is 0 Å². The van der Waals surface area contributed by atoms with Crippen LogP contribution in [-0.4, -0.2) is 0 Å². The van der Waals surface area contributed by atoms with Crippen molar-refractivity contribution in [2.45, 2.75) is 19.8 Å². The van der Waals surface area contributed by atoms with Crippen molar-refractivity contribution >= 4 is 31.9 Å². The van der Waals surface area contributed by atoms with E-state index in [-0.39, 0.29) is 0 Å². The van der Waals surface area contributed by atoms with Gasteiger partial charge in [0.05, 0.1) is 11.1 Å². The van der Waals surface area contributed by atoms with E-state index in [9.17, 15) is 0 Å². The highest BCUT2D eigenvalue weighted by atomic mass is 79.9. The second-order valence-corrected chi connectivity index (χ2v) is 4.70. The van der Waals surface area contributed by atoms with Gasteiger partial charge in [-0.3, -0.25) is 0 Å². The largest absolute Gasteiger partial charge is 0.192 e. The van der Waals surface area contributed by atoms with E-state index >= 15 is 0 Å².